The molecule has 2 heterocycles. The van der Waals surface area contributed by atoms with Crippen LogP contribution >= 0.6 is 0 Å². The van der Waals surface area contributed by atoms with E-state index in [2.05, 4.69) is 5.32 Å². The van der Waals surface area contributed by atoms with Crippen LogP contribution in [0.15, 0.2) is 0 Å². The molecule has 0 bridgehead atoms. The Morgan fingerprint density at radius 1 is 1.35 bits per heavy atom. The highest BCUT2D eigenvalue weighted by atomic mass is 16.5. The van der Waals surface area contributed by atoms with E-state index in [1.165, 1.54) is 4.90 Å². The number of nitrogens with zero attached hydrogens (tertiary/aromatic N) is 1. The predicted octanol–water partition coefficient (Wildman–Crippen LogP) is 1.32. The summed E-state index contributed by atoms with van der Waals surface area (Å²) >= 11 is 0. The Balaban J connectivity index is 1.81. The number of hydrogen-bond donors (Lipinski definition) is 1. The number of nitrogens with one attached hydrogen (secondary N) is 1. The van der Waals surface area contributed by atoms with Gasteiger partial charge in [0.15, 0.2) is 0 Å². The van der Waals surface area contributed by atoms with E-state index < -0.39 is 0 Å². The van der Waals surface area contributed by atoms with E-state index in [0.717, 1.165) is 45.4 Å². The van der Waals surface area contributed by atoms with Crippen molar-refractivity contribution in [2.24, 2.45) is 5.92 Å². The van der Waals surface area contributed by atoms with Crippen LogP contribution in [0, 0.1) is 5.92 Å². The number of ether oxygens (including phenoxy) is 1. The van der Waals surface area contributed by atoms with Gasteiger partial charge < -0.3 is 10.1 Å². The van der Waals surface area contributed by atoms with E-state index in [9.17, 15) is 9.59 Å². The first-order valence-electron chi connectivity index (χ1n) is 7.84. The highest BCUT2D eigenvalue weighted by Gasteiger charge is 2.40. The Labute approximate surface area is 121 Å². The average Bonchev–Trinajstić information content (AvgIpc) is 3.04. The number of carbonyl (C=O) groups is 2. The Kier molecular flexibility index (Phi) is 5.54. The van der Waals surface area contributed by atoms with Gasteiger partial charge in [0.05, 0.1) is 12.5 Å². The molecule has 2 amide bonds. The van der Waals surface area contributed by atoms with Crippen molar-refractivity contribution in [3.05, 3.63) is 0 Å². The van der Waals surface area contributed by atoms with E-state index in [4.69, 9.17) is 4.74 Å². The molecule has 2 aliphatic heterocycles. The number of amides is 2. The van der Waals surface area contributed by atoms with Crippen molar-refractivity contribution < 1.29 is 14.3 Å². The van der Waals surface area contributed by atoms with Crippen LogP contribution < -0.4 is 5.32 Å². The third kappa shape index (κ3) is 3.38. The first-order valence-corrected chi connectivity index (χ1v) is 7.84. The zero-order chi connectivity index (χ0) is 14.5. The van der Waals surface area contributed by atoms with E-state index >= 15 is 0 Å². The molecule has 2 unspecified atom stereocenters. The van der Waals surface area contributed by atoms with Gasteiger partial charge in [-0.2, -0.15) is 0 Å². The van der Waals surface area contributed by atoms with Crippen LogP contribution in [0.4, 0.5) is 0 Å². The minimum atomic E-state index is -0.314. The van der Waals surface area contributed by atoms with Gasteiger partial charge in [0.1, 0.15) is 0 Å². The maximum atomic E-state index is 12.3. The van der Waals surface area contributed by atoms with Gasteiger partial charge in [-0.05, 0) is 38.1 Å². The number of likely N-dealkylation sites (tertiary alicyclic amines) is 1. The van der Waals surface area contributed by atoms with E-state index in [1.54, 1.807) is 0 Å². The SMILES string of the molecule is CCC(CC)N1C(=O)CC(NCCC2CCOC2)C1=O. The Bertz CT molecular complexity index is 349. The van der Waals surface area contributed by atoms with Gasteiger partial charge in [-0.3, -0.25) is 14.5 Å². The topological polar surface area (TPSA) is 58.6 Å². The van der Waals surface area contributed by atoms with Gasteiger partial charge in [-0.25, -0.2) is 0 Å². The van der Waals surface area contributed by atoms with Crippen LogP contribution in [-0.4, -0.2) is 48.6 Å². The molecule has 1 N–H and O–H groups in total. The summed E-state index contributed by atoms with van der Waals surface area (Å²) in [5.41, 5.74) is 0. The van der Waals surface area contributed by atoms with Crippen LogP contribution in [-0.2, 0) is 14.3 Å². The molecular weight excluding hydrogens is 256 g/mol. The van der Waals surface area contributed by atoms with Crippen molar-refractivity contribution >= 4 is 11.8 Å². The summed E-state index contributed by atoms with van der Waals surface area (Å²) in [7, 11) is 0. The highest BCUT2D eigenvalue weighted by Crippen LogP contribution is 2.21. The van der Waals surface area contributed by atoms with E-state index in [0.29, 0.717) is 12.3 Å². The molecule has 0 aromatic rings. The van der Waals surface area contributed by atoms with Gasteiger partial charge in [0.2, 0.25) is 11.8 Å². The van der Waals surface area contributed by atoms with Crippen molar-refractivity contribution in [2.45, 2.75) is 58.0 Å². The fraction of sp³-hybridized carbons (Fsp3) is 0.867. The Hall–Kier alpha value is -0.940. The van der Waals surface area contributed by atoms with Crippen LogP contribution in [0.2, 0.25) is 0 Å². The Morgan fingerprint density at radius 3 is 2.70 bits per heavy atom. The van der Waals surface area contributed by atoms with Crippen molar-refractivity contribution in [1.29, 1.82) is 0 Å². The third-order valence-corrected chi connectivity index (χ3v) is 4.46. The lowest BCUT2D eigenvalue weighted by Crippen LogP contribution is -2.44. The number of imide groups is 1. The predicted molar refractivity (Wildman–Crippen MR) is 76.2 cm³/mol. The van der Waals surface area contributed by atoms with Crippen molar-refractivity contribution in [3.63, 3.8) is 0 Å². The second-order valence-electron chi connectivity index (χ2n) is 5.80. The molecule has 0 aromatic heterocycles. The number of carbonyl (C=O) groups excluding carboxylic acids is 2. The van der Waals surface area contributed by atoms with Crippen LogP contribution in [0.3, 0.4) is 0 Å². The van der Waals surface area contributed by atoms with Gasteiger partial charge in [0.25, 0.3) is 0 Å². The summed E-state index contributed by atoms with van der Waals surface area (Å²) < 4.78 is 5.34. The van der Waals surface area contributed by atoms with Gasteiger partial charge in [0, 0.05) is 19.3 Å². The second kappa shape index (κ2) is 7.18. The van der Waals surface area contributed by atoms with Gasteiger partial charge in [-0.1, -0.05) is 13.8 Å². The number of rotatable bonds is 7. The molecule has 2 saturated heterocycles. The molecule has 0 spiro atoms. The molecule has 5 heteroatoms. The molecule has 2 fully saturated rings. The summed E-state index contributed by atoms with van der Waals surface area (Å²) in [6.45, 7) is 6.52. The lowest BCUT2D eigenvalue weighted by atomic mass is 10.1. The first-order chi connectivity index (χ1) is 9.67. The van der Waals surface area contributed by atoms with Crippen LogP contribution in [0.25, 0.3) is 0 Å². The maximum Gasteiger partial charge on any atom is 0.247 e. The average molecular weight is 282 g/mol. The first kappa shape index (κ1) is 15.4. The summed E-state index contributed by atoms with van der Waals surface area (Å²) in [5.74, 6) is 0.543. The smallest absolute Gasteiger partial charge is 0.247 e. The monoisotopic (exact) mass is 282 g/mol. The lowest BCUT2D eigenvalue weighted by Gasteiger charge is -2.24. The molecule has 2 aliphatic rings. The van der Waals surface area contributed by atoms with E-state index in [-0.39, 0.29) is 23.9 Å². The molecule has 20 heavy (non-hydrogen) atoms. The lowest BCUT2D eigenvalue weighted by molar-refractivity contribution is -0.141. The summed E-state index contributed by atoms with van der Waals surface area (Å²) in [6.07, 6.45) is 4.11. The largest absolute Gasteiger partial charge is 0.381 e. The molecule has 2 rings (SSSR count). The molecule has 0 radical (unpaired) electrons. The van der Waals surface area contributed by atoms with Gasteiger partial charge in [-0.15, -0.1) is 0 Å². The van der Waals surface area contributed by atoms with Crippen molar-refractivity contribution in [1.82, 2.24) is 10.2 Å². The fourth-order valence-electron chi connectivity index (χ4n) is 3.12. The molecule has 2 atom stereocenters. The third-order valence-electron chi connectivity index (χ3n) is 4.46. The zero-order valence-electron chi connectivity index (χ0n) is 12.6. The highest BCUT2D eigenvalue weighted by molar-refractivity contribution is 6.05. The summed E-state index contributed by atoms with van der Waals surface area (Å²) in [6, 6.07) is -0.254. The standard InChI is InChI=1S/C15H26N2O3/c1-3-12(4-2)17-14(18)9-13(15(17)19)16-7-5-11-6-8-20-10-11/h11-13,16H,3-10H2,1-2H3. The van der Waals surface area contributed by atoms with Crippen LogP contribution in [0.1, 0.15) is 46.0 Å². The molecule has 114 valence electrons. The molecule has 0 aromatic carbocycles. The van der Waals surface area contributed by atoms with Crippen LogP contribution in [0.5, 0.6) is 0 Å². The fourth-order valence-corrected chi connectivity index (χ4v) is 3.12. The summed E-state index contributed by atoms with van der Waals surface area (Å²) in [4.78, 5) is 25.8. The number of hydrogen-bond acceptors (Lipinski definition) is 4. The minimum Gasteiger partial charge on any atom is -0.381 e. The zero-order valence-corrected chi connectivity index (χ0v) is 12.6. The summed E-state index contributed by atoms with van der Waals surface area (Å²) in [5, 5.41) is 3.25. The second-order valence-corrected chi connectivity index (χ2v) is 5.80. The quantitative estimate of drug-likeness (QED) is 0.716. The molecule has 5 nitrogen and oxygen atoms in total. The molecular formula is C15H26N2O3. The van der Waals surface area contributed by atoms with Gasteiger partial charge >= 0.3 is 0 Å². The Morgan fingerprint density at radius 2 is 2.10 bits per heavy atom. The van der Waals surface area contributed by atoms with Crippen molar-refractivity contribution in [2.75, 3.05) is 19.8 Å². The van der Waals surface area contributed by atoms with E-state index in [1.807, 2.05) is 13.8 Å². The van der Waals surface area contributed by atoms with Crippen molar-refractivity contribution in [3.8, 4) is 0 Å². The maximum absolute atomic E-state index is 12.3. The normalized spacial score (nSPS) is 27.1. The molecule has 0 aliphatic carbocycles. The molecule has 0 saturated carbocycles. The minimum absolute atomic E-state index is 0.0228.